The predicted molar refractivity (Wildman–Crippen MR) is 74.8 cm³/mol. The summed E-state index contributed by atoms with van der Waals surface area (Å²) < 4.78 is 4.78. The van der Waals surface area contributed by atoms with Crippen LogP contribution in [0, 0.1) is 23.0 Å². The number of hydrogen-bond acceptors (Lipinski definition) is 5. The number of aryl methyl sites for hydroxylation is 1. The molecule has 108 valence electrons. The number of piperidine rings is 1. The van der Waals surface area contributed by atoms with Gasteiger partial charge in [0.1, 0.15) is 0 Å². The first-order valence-electron chi connectivity index (χ1n) is 6.60. The van der Waals surface area contributed by atoms with Crippen molar-refractivity contribution >= 4 is 17.3 Å². The topological polar surface area (TPSA) is 72.7 Å². The summed E-state index contributed by atoms with van der Waals surface area (Å²) >= 11 is 0. The molecule has 1 fully saturated rings. The Hall–Kier alpha value is -2.11. The minimum atomic E-state index is -0.374. The van der Waals surface area contributed by atoms with Gasteiger partial charge in [-0.15, -0.1) is 0 Å². The maximum absolute atomic E-state index is 11.6. The van der Waals surface area contributed by atoms with Crippen molar-refractivity contribution in [1.29, 1.82) is 0 Å². The van der Waals surface area contributed by atoms with Crippen LogP contribution in [0.2, 0.25) is 0 Å². The number of carbonyl (C=O) groups excluding carboxylic acids is 1. The highest BCUT2D eigenvalue weighted by atomic mass is 16.6. The first-order valence-corrected chi connectivity index (χ1v) is 6.60. The molecule has 1 aromatic rings. The molecule has 6 heteroatoms. The molecule has 0 amide bonds. The molecule has 1 aromatic carbocycles. The molecule has 0 radical (unpaired) electrons. The zero-order valence-electron chi connectivity index (χ0n) is 11.7. The number of anilines is 1. The molecule has 6 nitrogen and oxygen atoms in total. The molecule has 0 saturated carbocycles. The van der Waals surface area contributed by atoms with Gasteiger partial charge >= 0.3 is 5.97 Å². The second kappa shape index (κ2) is 5.90. The molecule has 1 heterocycles. The van der Waals surface area contributed by atoms with Gasteiger partial charge in [0.15, 0.2) is 0 Å². The zero-order valence-corrected chi connectivity index (χ0v) is 11.7. The minimum Gasteiger partial charge on any atom is -0.469 e. The monoisotopic (exact) mass is 278 g/mol. The van der Waals surface area contributed by atoms with Crippen molar-refractivity contribution in [1.82, 2.24) is 0 Å². The van der Waals surface area contributed by atoms with Gasteiger partial charge < -0.3 is 9.64 Å². The lowest BCUT2D eigenvalue weighted by Crippen LogP contribution is -2.39. The summed E-state index contributed by atoms with van der Waals surface area (Å²) in [6, 6.07) is 5.19. The van der Waals surface area contributed by atoms with E-state index in [9.17, 15) is 14.9 Å². The lowest BCUT2D eigenvalue weighted by Gasteiger charge is -2.33. The second-order valence-electron chi connectivity index (χ2n) is 5.04. The number of benzene rings is 1. The predicted octanol–water partition coefficient (Wildman–Crippen LogP) is 2.29. The quantitative estimate of drug-likeness (QED) is 0.482. The van der Waals surface area contributed by atoms with E-state index < -0.39 is 0 Å². The fourth-order valence-electron chi connectivity index (χ4n) is 2.56. The maximum atomic E-state index is 11.6. The molecule has 0 aliphatic carbocycles. The SMILES string of the molecule is COC(=O)C1CCCN(c2ccc(C)c([N+](=O)[O-])c2)C1. The van der Waals surface area contributed by atoms with Gasteiger partial charge in [-0.3, -0.25) is 14.9 Å². The van der Waals surface area contributed by atoms with E-state index in [1.54, 1.807) is 19.1 Å². The molecule has 1 atom stereocenters. The summed E-state index contributed by atoms with van der Waals surface area (Å²) in [5.74, 6) is -0.370. The van der Waals surface area contributed by atoms with Crippen molar-refractivity contribution in [2.24, 2.45) is 5.92 Å². The lowest BCUT2D eigenvalue weighted by atomic mass is 9.97. The highest BCUT2D eigenvalue weighted by molar-refractivity contribution is 5.73. The number of hydrogen-bond donors (Lipinski definition) is 0. The number of carbonyl (C=O) groups is 1. The molecule has 0 N–H and O–H groups in total. The van der Waals surface area contributed by atoms with Crippen LogP contribution < -0.4 is 4.90 Å². The van der Waals surface area contributed by atoms with Gasteiger partial charge in [-0.05, 0) is 25.8 Å². The Morgan fingerprint density at radius 2 is 2.25 bits per heavy atom. The summed E-state index contributed by atoms with van der Waals surface area (Å²) in [6.07, 6.45) is 1.68. The van der Waals surface area contributed by atoms with E-state index in [0.29, 0.717) is 12.1 Å². The van der Waals surface area contributed by atoms with Gasteiger partial charge in [-0.1, -0.05) is 6.07 Å². The fourth-order valence-corrected chi connectivity index (χ4v) is 2.56. The first kappa shape index (κ1) is 14.3. The van der Waals surface area contributed by atoms with Crippen LogP contribution in [-0.2, 0) is 9.53 Å². The van der Waals surface area contributed by atoms with Crippen LogP contribution in [0.5, 0.6) is 0 Å². The smallest absolute Gasteiger partial charge is 0.310 e. The summed E-state index contributed by atoms with van der Waals surface area (Å²) in [4.78, 5) is 24.2. The van der Waals surface area contributed by atoms with Crippen molar-refractivity contribution in [2.45, 2.75) is 19.8 Å². The van der Waals surface area contributed by atoms with Crippen LogP contribution >= 0.6 is 0 Å². The third kappa shape index (κ3) is 2.89. The Balaban J connectivity index is 2.21. The Labute approximate surface area is 117 Å². The van der Waals surface area contributed by atoms with Crippen LogP contribution in [0.25, 0.3) is 0 Å². The number of methoxy groups -OCH3 is 1. The van der Waals surface area contributed by atoms with Gasteiger partial charge in [0.25, 0.3) is 5.69 Å². The van der Waals surface area contributed by atoms with Gasteiger partial charge in [-0.2, -0.15) is 0 Å². The lowest BCUT2D eigenvalue weighted by molar-refractivity contribution is -0.385. The van der Waals surface area contributed by atoms with E-state index in [1.165, 1.54) is 7.11 Å². The number of rotatable bonds is 3. The average molecular weight is 278 g/mol. The van der Waals surface area contributed by atoms with Crippen LogP contribution in [0.1, 0.15) is 18.4 Å². The Kier molecular flexibility index (Phi) is 4.22. The summed E-state index contributed by atoms with van der Waals surface area (Å²) in [7, 11) is 1.39. The molecule has 2 rings (SSSR count). The Morgan fingerprint density at radius 3 is 2.90 bits per heavy atom. The van der Waals surface area contributed by atoms with Crippen molar-refractivity contribution in [3.63, 3.8) is 0 Å². The summed E-state index contributed by atoms with van der Waals surface area (Å²) in [6.45, 7) is 3.07. The number of esters is 1. The van der Waals surface area contributed by atoms with Crippen molar-refractivity contribution in [3.8, 4) is 0 Å². The van der Waals surface area contributed by atoms with E-state index >= 15 is 0 Å². The van der Waals surface area contributed by atoms with E-state index in [4.69, 9.17) is 4.74 Å². The van der Waals surface area contributed by atoms with Gasteiger partial charge in [0, 0.05) is 30.4 Å². The number of nitro groups is 1. The molecule has 1 unspecified atom stereocenters. The molecule has 20 heavy (non-hydrogen) atoms. The third-order valence-corrected chi connectivity index (χ3v) is 3.71. The normalized spacial score (nSPS) is 18.7. The number of nitrogens with zero attached hydrogens (tertiary/aromatic N) is 2. The average Bonchev–Trinajstić information content (AvgIpc) is 2.46. The van der Waals surface area contributed by atoms with Crippen LogP contribution in [0.4, 0.5) is 11.4 Å². The Morgan fingerprint density at radius 1 is 1.50 bits per heavy atom. The molecular formula is C14H18N2O4. The summed E-state index contributed by atoms with van der Waals surface area (Å²) in [5, 5.41) is 11.0. The standard InChI is InChI=1S/C14H18N2O4/c1-10-5-6-12(8-13(10)16(18)19)15-7-3-4-11(9-15)14(17)20-2/h5-6,8,11H,3-4,7,9H2,1-2H3. The van der Waals surface area contributed by atoms with Gasteiger partial charge in [0.2, 0.25) is 0 Å². The fraction of sp³-hybridized carbons (Fsp3) is 0.500. The maximum Gasteiger partial charge on any atom is 0.310 e. The summed E-state index contributed by atoms with van der Waals surface area (Å²) in [5.41, 5.74) is 1.54. The van der Waals surface area contributed by atoms with Crippen LogP contribution in [-0.4, -0.2) is 31.1 Å². The van der Waals surface area contributed by atoms with E-state index in [-0.39, 0.29) is 22.5 Å². The molecule has 0 spiro atoms. The van der Waals surface area contributed by atoms with E-state index in [0.717, 1.165) is 25.1 Å². The highest BCUT2D eigenvalue weighted by Crippen LogP contribution is 2.28. The molecule has 0 bridgehead atoms. The molecule has 0 aromatic heterocycles. The minimum absolute atomic E-state index is 0.114. The third-order valence-electron chi connectivity index (χ3n) is 3.71. The zero-order chi connectivity index (χ0) is 14.7. The van der Waals surface area contributed by atoms with Gasteiger partial charge in [0.05, 0.1) is 18.0 Å². The second-order valence-corrected chi connectivity index (χ2v) is 5.04. The first-order chi connectivity index (χ1) is 9.52. The number of ether oxygens (including phenoxy) is 1. The molecule has 1 saturated heterocycles. The van der Waals surface area contributed by atoms with E-state index in [1.807, 2.05) is 11.0 Å². The van der Waals surface area contributed by atoms with Crippen LogP contribution in [0.3, 0.4) is 0 Å². The van der Waals surface area contributed by atoms with E-state index in [2.05, 4.69) is 0 Å². The number of nitro benzene ring substituents is 1. The van der Waals surface area contributed by atoms with Crippen LogP contribution in [0.15, 0.2) is 18.2 Å². The van der Waals surface area contributed by atoms with Gasteiger partial charge in [-0.25, -0.2) is 0 Å². The highest BCUT2D eigenvalue weighted by Gasteiger charge is 2.27. The Bertz CT molecular complexity index is 530. The van der Waals surface area contributed by atoms with Crippen molar-refractivity contribution in [2.75, 3.05) is 25.1 Å². The van der Waals surface area contributed by atoms with Crippen molar-refractivity contribution in [3.05, 3.63) is 33.9 Å². The molecule has 1 aliphatic rings. The molecule has 1 aliphatic heterocycles. The molecular weight excluding hydrogens is 260 g/mol. The largest absolute Gasteiger partial charge is 0.469 e. The van der Waals surface area contributed by atoms with Crippen molar-refractivity contribution < 1.29 is 14.5 Å².